The van der Waals surface area contributed by atoms with Crippen LogP contribution in [-0.2, 0) is 6.54 Å². The fraction of sp³-hybridized carbons (Fsp3) is 0.476. The summed E-state index contributed by atoms with van der Waals surface area (Å²) in [5.41, 5.74) is 1.15. The van der Waals surface area contributed by atoms with Crippen molar-refractivity contribution in [1.82, 2.24) is 9.80 Å². The Morgan fingerprint density at radius 3 is 2.48 bits per heavy atom. The first-order valence-electron chi connectivity index (χ1n) is 9.73. The SMILES string of the molecule is COc1ccccc1N1CCN(Cc2ccc(C(=O)N3CCCC3)o2)CC1. The van der Waals surface area contributed by atoms with Crippen LogP contribution in [0.5, 0.6) is 5.75 Å². The van der Waals surface area contributed by atoms with Gasteiger partial charge in [0.05, 0.1) is 19.3 Å². The van der Waals surface area contributed by atoms with E-state index in [0.717, 1.165) is 75.9 Å². The summed E-state index contributed by atoms with van der Waals surface area (Å²) in [5, 5.41) is 0. The van der Waals surface area contributed by atoms with Gasteiger partial charge in [0.25, 0.3) is 5.91 Å². The maximum Gasteiger partial charge on any atom is 0.289 e. The Labute approximate surface area is 160 Å². The van der Waals surface area contributed by atoms with Crippen molar-refractivity contribution in [3.8, 4) is 5.75 Å². The zero-order chi connectivity index (χ0) is 18.6. The lowest BCUT2D eigenvalue weighted by Gasteiger charge is -2.36. The normalized spacial score (nSPS) is 18.1. The number of hydrogen-bond donors (Lipinski definition) is 0. The van der Waals surface area contributed by atoms with Gasteiger partial charge in [0, 0.05) is 39.3 Å². The van der Waals surface area contributed by atoms with Crippen LogP contribution in [-0.4, -0.2) is 62.1 Å². The first-order valence-corrected chi connectivity index (χ1v) is 9.73. The zero-order valence-electron chi connectivity index (χ0n) is 15.9. The van der Waals surface area contributed by atoms with Crippen molar-refractivity contribution >= 4 is 11.6 Å². The Balaban J connectivity index is 1.32. The summed E-state index contributed by atoms with van der Waals surface area (Å²) in [5.74, 6) is 2.28. The lowest BCUT2D eigenvalue weighted by molar-refractivity contribution is 0.0757. The quantitative estimate of drug-likeness (QED) is 0.811. The summed E-state index contributed by atoms with van der Waals surface area (Å²) in [4.78, 5) is 19.0. The number of furan rings is 1. The number of carbonyl (C=O) groups excluding carboxylic acids is 1. The third-order valence-corrected chi connectivity index (χ3v) is 5.44. The molecule has 0 unspecified atom stereocenters. The number of nitrogens with zero attached hydrogens (tertiary/aromatic N) is 3. The molecule has 2 aliphatic rings. The molecule has 144 valence electrons. The molecule has 2 fully saturated rings. The molecule has 3 heterocycles. The summed E-state index contributed by atoms with van der Waals surface area (Å²) >= 11 is 0. The van der Waals surface area contributed by atoms with Crippen molar-refractivity contribution in [2.75, 3.05) is 51.3 Å². The predicted octanol–water partition coefficient (Wildman–Crippen LogP) is 2.85. The summed E-state index contributed by atoms with van der Waals surface area (Å²) in [7, 11) is 1.72. The highest BCUT2D eigenvalue weighted by Crippen LogP contribution is 2.28. The molecule has 0 bridgehead atoms. The van der Waals surface area contributed by atoms with E-state index in [1.54, 1.807) is 7.11 Å². The van der Waals surface area contributed by atoms with E-state index in [1.165, 1.54) is 0 Å². The number of carbonyl (C=O) groups is 1. The summed E-state index contributed by atoms with van der Waals surface area (Å²) in [6.45, 7) is 6.23. The molecule has 0 spiro atoms. The molecule has 1 aromatic heterocycles. The van der Waals surface area contributed by atoms with E-state index in [1.807, 2.05) is 35.2 Å². The largest absolute Gasteiger partial charge is 0.495 e. The van der Waals surface area contributed by atoms with E-state index >= 15 is 0 Å². The second-order valence-corrected chi connectivity index (χ2v) is 7.20. The smallest absolute Gasteiger partial charge is 0.289 e. The van der Waals surface area contributed by atoms with Gasteiger partial charge in [0.15, 0.2) is 5.76 Å². The summed E-state index contributed by atoms with van der Waals surface area (Å²) in [6.07, 6.45) is 2.19. The maximum absolute atomic E-state index is 12.4. The second-order valence-electron chi connectivity index (χ2n) is 7.20. The lowest BCUT2D eigenvalue weighted by Crippen LogP contribution is -2.46. The highest BCUT2D eigenvalue weighted by Gasteiger charge is 2.24. The van der Waals surface area contributed by atoms with Crippen molar-refractivity contribution in [2.45, 2.75) is 19.4 Å². The summed E-state index contributed by atoms with van der Waals surface area (Å²) in [6, 6.07) is 11.9. The highest BCUT2D eigenvalue weighted by atomic mass is 16.5. The van der Waals surface area contributed by atoms with Crippen LogP contribution in [0.4, 0.5) is 5.69 Å². The van der Waals surface area contributed by atoms with E-state index < -0.39 is 0 Å². The number of benzene rings is 1. The highest BCUT2D eigenvalue weighted by molar-refractivity contribution is 5.91. The average molecular weight is 369 g/mol. The van der Waals surface area contributed by atoms with Crippen LogP contribution in [0.2, 0.25) is 0 Å². The van der Waals surface area contributed by atoms with Gasteiger partial charge >= 0.3 is 0 Å². The number of para-hydroxylation sites is 2. The van der Waals surface area contributed by atoms with Gasteiger partial charge in [-0.2, -0.15) is 0 Å². The minimum Gasteiger partial charge on any atom is -0.495 e. The number of piperazine rings is 1. The third kappa shape index (κ3) is 3.95. The number of hydrogen-bond acceptors (Lipinski definition) is 5. The van der Waals surface area contributed by atoms with Crippen LogP contribution < -0.4 is 9.64 Å². The van der Waals surface area contributed by atoms with Gasteiger partial charge < -0.3 is 19.0 Å². The van der Waals surface area contributed by atoms with E-state index in [9.17, 15) is 4.79 Å². The standard InChI is InChI=1S/C21H27N3O3/c1-26-19-7-3-2-6-18(19)23-14-12-22(13-15-23)16-17-8-9-20(27-17)21(25)24-10-4-5-11-24/h2-3,6-9H,4-5,10-16H2,1H3. The molecular formula is C21H27N3O3. The number of anilines is 1. The Morgan fingerprint density at radius 2 is 1.74 bits per heavy atom. The van der Waals surface area contributed by atoms with Crippen molar-refractivity contribution < 1.29 is 13.9 Å². The van der Waals surface area contributed by atoms with Crippen molar-refractivity contribution in [1.29, 1.82) is 0 Å². The van der Waals surface area contributed by atoms with E-state index in [2.05, 4.69) is 15.9 Å². The van der Waals surface area contributed by atoms with Gasteiger partial charge in [0.2, 0.25) is 0 Å². The van der Waals surface area contributed by atoms with Crippen molar-refractivity contribution in [2.24, 2.45) is 0 Å². The van der Waals surface area contributed by atoms with Crippen LogP contribution in [0.3, 0.4) is 0 Å². The number of amides is 1. The average Bonchev–Trinajstić information content (AvgIpc) is 3.40. The Morgan fingerprint density at radius 1 is 1.00 bits per heavy atom. The third-order valence-electron chi connectivity index (χ3n) is 5.44. The first kappa shape index (κ1) is 17.9. The van der Waals surface area contributed by atoms with Crippen LogP contribution in [0.15, 0.2) is 40.8 Å². The first-order chi connectivity index (χ1) is 13.2. The van der Waals surface area contributed by atoms with Crippen molar-refractivity contribution in [3.05, 3.63) is 47.9 Å². The number of ether oxygens (including phenoxy) is 1. The van der Waals surface area contributed by atoms with Gasteiger partial charge in [-0.05, 0) is 37.1 Å². The molecule has 0 saturated carbocycles. The molecule has 0 radical (unpaired) electrons. The zero-order valence-corrected chi connectivity index (χ0v) is 15.9. The number of rotatable bonds is 5. The monoisotopic (exact) mass is 369 g/mol. The molecule has 2 aliphatic heterocycles. The summed E-state index contributed by atoms with van der Waals surface area (Å²) < 4.78 is 11.3. The molecule has 2 aromatic rings. The van der Waals surface area contributed by atoms with Gasteiger partial charge in [-0.3, -0.25) is 9.69 Å². The minimum absolute atomic E-state index is 0.0275. The molecule has 0 aliphatic carbocycles. The fourth-order valence-corrected chi connectivity index (χ4v) is 3.91. The van der Waals surface area contributed by atoms with Crippen LogP contribution >= 0.6 is 0 Å². The molecule has 2 saturated heterocycles. The molecule has 0 atom stereocenters. The molecule has 4 rings (SSSR count). The molecule has 0 N–H and O–H groups in total. The second kappa shape index (κ2) is 8.05. The molecule has 6 nitrogen and oxygen atoms in total. The number of likely N-dealkylation sites (tertiary alicyclic amines) is 1. The van der Waals surface area contributed by atoms with Crippen LogP contribution in [0.1, 0.15) is 29.2 Å². The van der Waals surface area contributed by atoms with E-state index in [4.69, 9.17) is 9.15 Å². The molecule has 27 heavy (non-hydrogen) atoms. The molecule has 1 amide bonds. The van der Waals surface area contributed by atoms with Gasteiger partial charge in [0.1, 0.15) is 11.5 Å². The van der Waals surface area contributed by atoms with E-state index in [0.29, 0.717) is 5.76 Å². The Kier molecular flexibility index (Phi) is 5.34. The van der Waals surface area contributed by atoms with Gasteiger partial charge in [-0.25, -0.2) is 0 Å². The maximum atomic E-state index is 12.4. The topological polar surface area (TPSA) is 49.2 Å². The molecule has 1 aromatic carbocycles. The van der Waals surface area contributed by atoms with Crippen molar-refractivity contribution in [3.63, 3.8) is 0 Å². The van der Waals surface area contributed by atoms with Crippen LogP contribution in [0, 0.1) is 0 Å². The van der Waals surface area contributed by atoms with Gasteiger partial charge in [-0.1, -0.05) is 12.1 Å². The van der Waals surface area contributed by atoms with Gasteiger partial charge in [-0.15, -0.1) is 0 Å². The Hall–Kier alpha value is -2.47. The predicted molar refractivity (Wildman–Crippen MR) is 104 cm³/mol. The molecule has 6 heteroatoms. The lowest BCUT2D eigenvalue weighted by atomic mass is 10.2. The minimum atomic E-state index is 0.0275. The molecular weight excluding hydrogens is 342 g/mol. The van der Waals surface area contributed by atoms with E-state index in [-0.39, 0.29) is 5.91 Å². The Bertz CT molecular complexity index is 774. The number of methoxy groups -OCH3 is 1. The van der Waals surface area contributed by atoms with Crippen LogP contribution in [0.25, 0.3) is 0 Å². The fourth-order valence-electron chi connectivity index (χ4n) is 3.91.